The number of benzene rings is 1. The van der Waals surface area contributed by atoms with Crippen LogP contribution in [0.5, 0.6) is 0 Å². The van der Waals surface area contributed by atoms with Crippen LogP contribution in [-0.4, -0.2) is 90.5 Å². The van der Waals surface area contributed by atoms with E-state index in [0.717, 1.165) is 0 Å². The molecular formula is C21H24N2O9S. The fourth-order valence-corrected chi connectivity index (χ4v) is 4.25. The molecule has 0 saturated carbocycles. The Balaban J connectivity index is 0.000000569. The molecule has 1 aromatic heterocycles. The lowest BCUT2D eigenvalue weighted by Crippen LogP contribution is -2.50. The minimum Gasteiger partial charge on any atom is -0.473 e. The molecule has 178 valence electrons. The van der Waals surface area contributed by atoms with Crippen LogP contribution in [0.2, 0.25) is 0 Å². The lowest BCUT2D eigenvalue weighted by Gasteiger charge is -2.34. The van der Waals surface area contributed by atoms with Crippen molar-refractivity contribution in [2.75, 3.05) is 38.5 Å². The van der Waals surface area contributed by atoms with E-state index >= 15 is 0 Å². The maximum Gasteiger partial charge on any atom is 0.414 e. The van der Waals surface area contributed by atoms with Gasteiger partial charge >= 0.3 is 11.9 Å². The van der Waals surface area contributed by atoms with E-state index in [9.17, 15) is 18.0 Å². The summed E-state index contributed by atoms with van der Waals surface area (Å²) in [6, 6.07) is 11.5. The molecule has 2 N–H and O–H groups in total. The molecule has 0 atom stereocenters. The Kier molecular flexibility index (Phi) is 9.30. The number of hydrogen-bond donors (Lipinski definition) is 2. The average molecular weight is 480 g/mol. The van der Waals surface area contributed by atoms with Gasteiger partial charge in [-0.05, 0) is 24.3 Å². The van der Waals surface area contributed by atoms with Crippen molar-refractivity contribution in [1.82, 2.24) is 9.80 Å². The molecule has 2 heterocycles. The summed E-state index contributed by atoms with van der Waals surface area (Å²) in [5, 5.41) is 14.8. The average Bonchev–Trinajstić information content (AvgIpc) is 3.34. The van der Waals surface area contributed by atoms with Crippen molar-refractivity contribution >= 4 is 33.5 Å². The second-order valence-corrected chi connectivity index (χ2v) is 9.16. The Morgan fingerprint density at radius 1 is 0.879 bits per heavy atom. The van der Waals surface area contributed by atoms with Gasteiger partial charge in [0.05, 0.1) is 23.5 Å². The number of aliphatic carboxylic acids is 2. The Bertz CT molecular complexity index is 1050. The Hall–Kier alpha value is -3.51. The molecule has 12 heteroatoms. The summed E-state index contributed by atoms with van der Waals surface area (Å²) >= 11 is 0. The normalized spacial score (nSPS) is 14.1. The summed E-state index contributed by atoms with van der Waals surface area (Å²) in [6.07, 6.45) is 1.43. The second kappa shape index (κ2) is 11.9. The number of rotatable bonds is 7. The van der Waals surface area contributed by atoms with Gasteiger partial charge in [0, 0.05) is 32.6 Å². The first kappa shape index (κ1) is 25.7. The van der Waals surface area contributed by atoms with Crippen LogP contribution >= 0.6 is 0 Å². The highest BCUT2D eigenvalue weighted by Gasteiger charge is 2.25. The third-order valence-electron chi connectivity index (χ3n) is 4.76. The first-order valence-corrected chi connectivity index (χ1v) is 11.6. The van der Waals surface area contributed by atoms with Gasteiger partial charge < -0.3 is 19.5 Å². The van der Waals surface area contributed by atoms with Crippen LogP contribution in [-0.2, 0) is 24.2 Å². The molecule has 0 radical (unpaired) electrons. The standard InChI is InChI=1S/C19H22N2O5S.C2H2O4/c22-17(18-7-4-13-26-18)15-20-9-11-21(12-10-20)19(23)8-14-27(24,25)16-5-2-1-3-6-16;3-1(4)2(5)6/h1-7,13H,8-12,14-15H2;(H,3,4)(H,5,6). The predicted octanol–water partition coefficient (Wildman–Crippen LogP) is 0.626. The highest BCUT2D eigenvalue weighted by atomic mass is 32.2. The van der Waals surface area contributed by atoms with Gasteiger partial charge in [-0.25, -0.2) is 18.0 Å². The fourth-order valence-electron chi connectivity index (χ4n) is 3.00. The van der Waals surface area contributed by atoms with E-state index in [1.165, 1.54) is 18.4 Å². The fraction of sp³-hybridized carbons (Fsp3) is 0.333. The van der Waals surface area contributed by atoms with E-state index in [1.54, 1.807) is 35.2 Å². The van der Waals surface area contributed by atoms with Crippen LogP contribution in [0.1, 0.15) is 17.0 Å². The summed E-state index contributed by atoms with van der Waals surface area (Å²) in [7, 11) is -3.46. The van der Waals surface area contributed by atoms with Crippen LogP contribution in [0.4, 0.5) is 0 Å². The van der Waals surface area contributed by atoms with Crippen LogP contribution < -0.4 is 0 Å². The first-order chi connectivity index (χ1) is 15.6. The van der Waals surface area contributed by atoms with Gasteiger partial charge in [0.25, 0.3) is 0 Å². The predicted molar refractivity (Wildman–Crippen MR) is 114 cm³/mol. The molecule has 0 spiro atoms. The topological polar surface area (TPSA) is 162 Å². The van der Waals surface area contributed by atoms with E-state index in [2.05, 4.69) is 0 Å². The Labute approximate surface area is 190 Å². The largest absolute Gasteiger partial charge is 0.473 e. The number of amides is 1. The summed E-state index contributed by atoms with van der Waals surface area (Å²) in [5.41, 5.74) is 0. The van der Waals surface area contributed by atoms with Gasteiger partial charge in [-0.1, -0.05) is 18.2 Å². The molecule has 1 aromatic carbocycles. The highest BCUT2D eigenvalue weighted by molar-refractivity contribution is 7.91. The molecular weight excluding hydrogens is 456 g/mol. The molecule has 1 aliphatic rings. The number of hydrogen-bond acceptors (Lipinski definition) is 8. The third kappa shape index (κ3) is 8.16. The molecule has 11 nitrogen and oxygen atoms in total. The van der Waals surface area contributed by atoms with Gasteiger partial charge in [-0.3, -0.25) is 14.5 Å². The zero-order valence-corrected chi connectivity index (χ0v) is 18.4. The quantitative estimate of drug-likeness (QED) is 0.424. The van der Waals surface area contributed by atoms with Crippen molar-refractivity contribution in [2.24, 2.45) is 0 Å². The monoisotopic (exact) mass is 480 g/mol. The molecule has 0 unspecified atom stereocenters. The second-order valence-electron chi connectivity index (χ2n) is 7.05. The number of piperazine rings is 1. The minimum absolute atomic E-state index is 0.0391. The molecule has 33 heavy (non-hydrogen) atoms. The number of furan rings is 1. The maximum absolute atomic E-state index is 12.4. The first-order valence-electron chi connectivity index (χ1n) is 9.91. The number of Topliss-reactive ketones (excluding diaryl/α,β-unsaturated/α-hetero) is 1. The summed E-state index contributed by atoms with van der Waals surface area (Å²) in [6.45, 7) is 2.36. The van der Waals surface area contributed by atoms with Gasteiger partial charge in [-0.15, -0.1) is 0 Å². The Morgan fingerprint density at radius 2 is 1.48 bits per heavy atom. The van der Waals surface area contributed by atoms with Gasteiger partial charge in [0.2, 0.25) is 11.7 Å². The number of carbonyl (C=O) groups is 4. The van der Waals surface area contributed by atoms with Crippen LogP contribution in [0.25, 0.3) is 0 Å². The summed E-state index contributed by atoms with van der Waals surface area (Å²) < 4.78 is 29.7. The van der Waals surface area contributed by atoms with Gasteiger partial charge in [-0.2, -0.15) is 0 Å². The van der Waals surface area contributed by atoms with Crippen molar-refractivity contribution in [3.05, 3.63) is 54.5 Å². The van der Waals surface area contributed by atoms with Crippen molar-refractivity contribution in [1.29, 1.82) is 0 Å². The van der Waals surface area contributed by atoms with Crippen LogP contribution in [0, 0.1) is 0 Å². The zero-order chi connectivity index (χ0) is 24.4. The minimum atomic E-state index is -3.46. The molecule has 1 saturated heterocycles. The van der Waals surface area contributed by atoms with Crippen molar-refractivity contribution in [3.8, 4) is 0 Å². The van der Waals surface area contributed by atoms with Crippen molar-refractivity contribution < 1.29 is 42.2 Å². The van der Waals surface area contributed by atoms with Crippen molar-refractivity contribution in [2.45, 2.75) is 11.3 Å². The lowest BCUT2D eigenvalue weighted by atomic mass is 10.2. The lowest BCUT2D eigenvalue weighted by molar-refractivity contribution is -0.159. The summed E-state index contributed by atoms with van der Waals surface area (Å²) in [4.78, 5) is 46.5. The molecule has 1 amide bonds. The molecule has 1 aliphatic heterocycles. The van der Waals surface area contributed by atoms with Gasteiger partial charge in [0.15, 0.2) is 15.6 Å². The van der Waals surface area contributed by atoms with E-state index in [1.807, 2.05) is 4.90 Å². The zero-order valence-electron chi connectivity index (χ0n) is 17.6. The van der Waals surface area contributed by atoms with Crippen LogP contribution in [0.15, 0.2) is 58.0 Å². The summed E-state index contributed by atoms with van der Waals surface area (Å²) in [5.74, 6) is -3.78. The number of sulfone groups is 1. The number of ketones is 1. The third-order valence-corrected chi connectivity index (χ3v) is 6.49. The van der Waals surface area contributed by atoms with Gasteiger partial charge in [0.1, 0.15) is 0 Å². The smallest absolute Gasteiger partial charge is 0.414 e. The van der Waals surface area contributed by atoms with E-state index in [-0.39, 0.29) is 35.3 Å². The maximum atomic E-state index is 12.4. The van der Waals surface area contributed by atoms with Crippen molar-refractivity contribution in [3.63, 3.8) is 0 Å². The number of carbonyl (C=O) groups excluding carboxylic acids is 2. The number of carboxylic acids is 2. The van der Waals surface area contributed by atoms with E-state index < -0.39 is 21.8 Å². The molecule has 1 fully saturated rings. The molecule has 0 bridgehead atoms. The van der Waals surface area contributed by atoms with E-state index in [0.29, 0.717) is 31.9 Å². The number of carboxylic acid groups (broad SMARTS) is 2. The Morgan fingerprint density at radius 3 is 2.00 bits per heavy atom. The molecule has 0 aliphatic carbocycles. The van der Waals surface area contributed by atoms with Crippen LogP contribution in [0.3, 0.4) is 0 Å². The number of nitrogens with zero attached hydrogens (tertiary/aromatic N) is 2. The highest BCUT2D eigenvalue weighted by Crippen LogP contribution is 2.13. The SMILES string of the molecule is O=C(CN1CCN(C(=O)CCS(=O)(=O)c2ccccc2)CC1)c1ccco1.O=C(O)C(=O)O. The molecule has 2 aromatic rings. The molecule has 3 rings (SSSR count). The van der Waals surface area contributed by atoms with E-state index in [4.69, 9.17) is 24.2 Å².